The van der Waals surface area contributed by atoms with Crippen LogP contribution in [0.3, 0.4) is 0 Å². The molecule has 0 radical (unpaired) electrons. The van der Waals surface area contributed by atoms with Crippen LogP contribution < -0.4 is 10.6 Å². The Labute approximate surface area is 150 Å². The summed E-state index contributed by atoms with van der Waals surface area (Å²) in [7, 11) is 1.83. The van der Waals surface area contributed by atoms with Crippen LogP contribution in [0, 0.1) is 0 Å². The molecule has 1 aliphatic rings. The summed E-state index contributed by atoms with van der Waals surface area (Å²) < 4.78 is 0. The second-order valence-corrected chi connectivity index (χ2v) is 6.42. The molecule has 7 heteroatoms. The van der Waals surface area contributed by atoms with Gasteiger partial charge in [-0.3, -0.25) is 4.79 Å². The Balaban J connectivity index is 2.12. The molecule has 24 heavy (non-hydrogen) atoms. The minimum Gasteiger partial charge on any atom is -0.383 e. The number of amides is 1. The van der Waals surface area contributed by atoms with E-state index in [0.29, 0.717) is 39.4 Å². The van der Waals surface area contributed by atoms with Crippen LogP contribution in [0.4, 0.5) is 11.5 Å². The van der Waals surface area contributed by atoms with Crippen molar-refractivity contribution in [2.45, 2.75) is 18.8 Å². The van der Waals surface area contributed by atoms with E-state index in [-0.39, 0.29) is 5.84 Å². The molecule has 124 valence electrons. The summed E-state index contributed by atoms with van der Waals surface area (Å²) in [6.45, 7) is 0. The molecule has 0 aliphatic heterocycles. The molecule has 1 aliphatic carbocycles. The average Bonchev–Trinajstić information content (AvgIpc) is 3.41. The fraction of sp³-hybridized carbons (Fsp3) is 0.235. The number of nitrogens with two attached hydrogens (primary N) is 1. The average molecular weight is 363 g/mol. The van der Waals surface area contributed by atoms with Crippen LogP contribution in [-0.2, 0) is 4.79 Å². The number of benzene rings is 1. The number of carbonyl (C=O) groups excluding carboxylic acids is 1. The summed E-state index contributed by atoms with van der Waals surface area (Å²) in [5.74, 6) is 1.18. The van der Waals surface area contributed by atoms with Crippen molar-refractivity contribution in [1.82, 2.24) is 4.98 Å². The third-order valence-electron chi connectivity index (χ3n) is 3.97. The van der Waals surface area contributed by atoms with Gasteiger partial charge in [0.25, 0.3) is 0 Å². The summed E-state index contributed by atoms with van der Waals surface area (Å²) in [5.41, 5.74) is 8.20. The first-order valence-corrected chi connectivity index (χ1v) is 8.24. The molecule has 1 amide bonds. The topological polar surface area (TPSA) is 71.6 Å². The molecule has 2 aromatic rings. The number of pyridine rings is 1. The molecule has 0 unspecified atom stereocenters. The molecule has 5 nitrogen and oxygen atoms in total. The van der Waals surface area contributed by atoms with Crippen LogP contribution in [-0.4, -0.2) is 24.3 Å². The fourth-order valence-corrected chi connectivity index (χ4v) is 2.94. The second-order valence-electron chi connectivity index (χ2n) is 5.63. The molecule has 1 fully saturated rings. The van der Waals surface area contributed by atoms with Crippen LogP contribution in [0.15, 0.2) is 35.3 Å². The molecule has 0 atom stereocenters. The highest BCUT2D eigenvalue weighted by atomic mass is 35.5. The van der Waals surface area contributed by atoms with Gasteiger partial charge in [0.15, 0.2) is 0 Å². The van der Waals surface area contributed by atoms with Crippen molar-refractivity contribution < 1.29 is 4.79 Å². The summed E-state index contributed by atoms with van der Waals surface area (Å²) in [6.07, 6.45) is 2.68. The zero-order valence-electron chi connectivity index (χ0n) is 13.0. The van der Waals surface area contributed by atoms with Crippen molar-refractivity contribution >= 4 is 47.0 Å². The number of rotatable bonds is 5. The first kappa shape index (κ1) is 16.7. The molecule has 1 saturated carbocycles. The maximum Gasteiger partial charge on any atom is 0.234 e. The third kappa shape index (κ3) is 3.23. The van der Waals surface area contributed by atoms with Gasteiger partial charge in [0.05, 0.1) is 21.3 Å². The Bertz CT molecular complexity index is 818. The van der Waals surface area contributed by atoms with E-state index < -0.39 is 0 Å². The highest BCUT2D eigenvalue weighted by Crippen LogP contribution is 2.41. The predicted molar refractivity (Wildman–Crippen MR) is 97.5 cm³/mol. The van der Waals surface area contributed by atoms with Gasteiger partial charge in [-0.05, 0) is 37.1 Å². The standard InChI is InChI=1S/C17H16Cl2N4O/c1-23(14-4-2-3-12(18)15(14)19)17-11(16(20)21-9-24)7-8-13(22-17)10-5-6-10/h2-4,7-10H,5-6H2,1H3,(H2,20,21,24). The summed E-state index contributed by atoms with van der Waals surface area (Å²) in [6, 6.07) is 9.15. The van der Waals surface area contributed by atoms with E-state index in [4.69, 9.17) is 33.9 Å². The van der Waals surface area contributed by atoms with Crippen LogP contribution in [0.2, 0.25) is 10.0 Å². The third-order valence-corrected chi connectivity index (χ3v) is 4.78. The molecule has 0 saturated heterocycles. The molecular formula is C17H16Cl2N4O. The van der Waals surface area contributed by atoms with Crippen LogP contribution in [0.5, 0.6) is 0 Å². The summed E-state index contributed by atoms with van der Waals surface area (Å²) in [5, 5.41) is 0.882. The highest BCUT2D eigenvalue weighted by Gasteiger charge is 2.27. The number of anilines is 2. The first-order valence-electron chi connectivity index (χ1n) is 7.49. The molecule has 3 rings (SSSR count). The van der Waals surface area contributed by atoms with Crippen molar-refractivity contribution in [1.29, 1.82) is 0 Å². The van der Waals surface area contributed by atoms with Gasteiger partial charge in [0, 0.05) is 18.7 Å². The number of hydrogen-bond donors (Lipinski definition) is 1. The van der Waals surface area contributed by atoms with E-state index in [0.717, 1.165) is 18.5 Å². The molecule has 0 spiro atoms. The predicted octanol–water partition coefficient (Wildman–Crippen LogP) is 3.90. The van der Waals surface area contributed by atoms with Gasteiger partial charge >= 0.3 is 0 Å². The number of halogens is 2. The molecule has 1 aromatic carbocycles. The van der Waals surface area contributed by atoms with E-state index in [1.54, 1.807) is 6.07 Å². The number of amidine groups is 1. The van der Waals surface area contributed by atoms with Crippen LogP contribution in [0.1, 0.15) is 30.0 Å². The number of carbonyl (C=O) groups is 1. The van der Waals surface area contributed by atoms with E-state index in [1.807, 2.05) is 36.2 Å². The largest absolute Gasteiger partial charge is 0.383 e. The maximum absolute atomic E-state index is 10.7. The molecule has 0 bridgehead atoms. The van der Waals surface area contributed by atoms with E-state index in [1.165, 1.54) is 0 Å². The Morgan fingerprint density at radius 3 is 2.75 bits per heavy atom. The molecular weight excluding hydrogens is 347 g/mol. The smallest absolute Gasteiger partial charge is 0.234 e. The lowest BCUT2D eigenvalue weighted by Gasteiger charge is -2.23. The zero-order chi connectivity index (χ0) is 17.3. The monoisotopic (exact) mass is 362 g/mol. The van der Waals surface area contributed by atoms with Crippen molar-refractivity contribution in [3.8, 4) is 0 Å². The van der Waals surface area contributed by atoms with Gasteiger partial charge in [-0.2, -0.15) is 4.99 Å². The lowest BCUT2D eigenvalue weighted by atomic mass is 10.1. The number of hydrogen-bond acceptors (Lipinski definition) is 3. The minimum absolute atomic E-state index is 0.111. The van der Waals surface area contributed by atoms with Gasteiger partial charge < -0.3 is 10.6 Å². The van der Waals surface area contributed by atoms with Crippen LogP contribution >= 0.6 is 23.2 Å². The SMILES string of the molecule is CN(c1cccc(Cl)c1Cl)c1nc(C2CC2)ccc1/C(N)=N\C=O. The minimum atomic E-state index is 0.111. The van der Waals surface area contributed by atoms with Crippen molar-refractivity contribution in [2.24, 2.45) is 10.7 Å². The Hall–Kier alpha value is -2.11. The Morgan fingerprint density at radius 2 is 2.08 bits per heavy atom. The first-order chi connectivity index (χ1) is 11.5. The fourth-order valence-electron chi connectivity index (χ4n) is 2.52. The lowest BCUT2D eigenvalue weighted by molar-refractivity contribution is -0.106. The normalized spacial score (nSPS) is 14.5. The highest BCUT2D eigenvalue weighted by molar-refractivity contribution is 6.43. The summed E-state index contributed by atoms with van der Waals surface area (Å²) in [4.78, 5) is 20.9. The number of nitrogens with zero attached hydrogens (tertiary/aromatic N) is 3. The Kier molecular flexibility index (Phi) is 4.73. The van der Waals surface area contributed by atoms with E-state index in [2.05, 4.69) is 4.99 Å². The quantitative estimate of drug-likeness (QED) is 0.497. The molecule has 2 N–H and O–H groups in total. The molecule has 1 aromatic heterocycles. The van der Waals surface area contributed by atoms with Gasteiger partial charge in [-0.15, -0.1) is 0 Å². The Morgan fingerprint density at radius 1 is 1.33 bits per heavy atom. The van der Waals surface area contributed by atoms with Gasteiger partial charge in [-0.25, -0.2) is 4.98 Å². The van der Waals surface area contributed by atoms with Gasteiger partial charge in [-0.1, -0.05) is 29.3 Å². The number of aromatic nitrogens is 1. The zero-order valence-corrected chi connectivity index (χ0v) is 14.6. The van der Waals surface area contributed by atoms with Crippen molar-refractivity contribution in [3.05, 3.63) is 51.6 Å². The van der Waals surface area contributed by atoms with Crippen molar-refractivity contribution in [3.63, 3.8) is 0 Å². The molecule has 1 heterocycles. The second kappa shape index (κ2) is 6.79. The van der Waals surface area contributed by atoms with Crippen LogP contribution in [0.25, 0.3) is 0 Å². The maximum atomic E-state index is 10.7. The van der Waals surface area contributed by atoms with E-state index >= 15 is 0 Å². The van der Waals surface area contributed by atoms with E-state index in [9.17, 15) is 4.79 Å². The lowest BCUT2D eigenvalue weighted by Crippen LogP contribution is -2.21. The van der Waals surface area contributed by atoms with Crippen molar-refractivity contribution in [2.75, 3.05) is 11.9 Å². The van der Waals surface area contributed by atoms with Gasteiger partial charge in [0.2, 0.25) is 6.41 Å². The van der Waals surface area contributed by atoms with Gasteiger partial charge in [0.1, 0.15) is 11.7 Å². The number of aliphatic imine (C=N–C) groups is 1. The summed E-state index contributed by atoms with van der Waals surface area (Å²) >= 11 is 12.4.